The Morgan fingerprint density at radius 3 is 2.42 bits per heavy atom. The smallest absolute Gasteiger partial charge is 0.345 e. The number of para-hydroxylation sites is 2. The minimum Gasteiger partial charge on any atom is -0.416 e. The summed E-state index contributed by atoms with van der Waals surface area (Å²) < 4.78 is 5.01. The molecule has 2 aromatic carbocycles. The molecule has 0 aromatic heterocycles. The van der Waals surface area contributed by atoms with Crippen LogP contribution in [-0.4, -0.2) is 10.9 Å². The van der Waals surface area contributed by atoms with Crippen molar-refractivity contribution in [3.8, 4) is 5.75 Å². The highest BCUT2D eigenvalue weighted by atomic mass is 35.5. The van der Waals surface area contributed by atoms with E-state index in [1.807, 2.05) is 0 Å². The van der Waals surface area contributed by atoms with Crippen LogP contribution in [0.3, 0.4) is 0 Å². The minimum absolute atomic E-state index is 0.114. The van der Waals surface area contributed by atoms with Crippen molar-refractivity contribution in [2.24, 2.45) is 0 Å². The lowest BCUT2D eigenvalue weighted by Crippen LogP contribution is -2.10. The average Bonchev–Trinajstić information content (AvgIpc) is 2.39. The number of nitro groups is 1. The number of rotatable bonds is 3. The number of carbonyl (C=O) groups excluding carboxylic acids is 1. The predicted octanol–water partition coefficient (Wildman–Crippen LogP) is 3.47. The van der Waals surface area contributed by atoms with Crippen LogP contribution in [0.25, 0.3) is 0 Å². The first kappa shape index (κ1) is 13.0. The molecular formula is C13H8ClNO4. The van der Waals surface area contributed by atoms with Gasteiger partial charge in [-0.05, 0) is 18.2 Å². The van der Waals surface area contributed by atoms with Gasteiger partial charge in [0.2, 0.25) is 5.75 Å². The molecule has 96 valence electrons. The van der Waals surface area contributed by atoms with Gasteiger partial charge in [0.05, 0.1) is 15.5 Å². The highest BCUT2D eigenvalue weighted by Gasteiger charge is 2.19. The van der Waals surface area contributed by atoms with Gasteiger partial charge in [0.1, 0.15) is 0 Å². The molecule has 0 heterocycles. The Bertz CT molecular complexity index is 642. The number of hydrogen-bond acceptors (Lipinski definition) is 4. The third-order valence-electron chi connectivity index (χ3n) is 2.36. The van der Waals surface area contributed by atoms with Gasteiger partial charge in [-0.1, -0.05) is 35.9 Å². The third kappa shape index (κ3) is 2.89. The highest BCUT2D eigenvalue weighted by Crippen LogP contribution is 2.27. The first-order valence-electron chi connectivity index (χ1n) is 5.29. The second kappa shape index (κ2) is 5.49. The molecular weight excluding hydrogens is 270 g/mol. The van der Waals surface area contributed by atoms with E-state index >= 15 is 0 Å². The van der Waals surface area contributed by atoms with Crippen molar-refractivity contribution in [3.63, 3.8) is 0 Å². The third-order valence-corrected chi connectivity index (χ3v) is 2.69. The zero-order valence-corrected chi connectivity index (χ0v) is 10.3. The molecule has 0 amide bonds. The lowest BCUT2D eigenvalue weighted by Gasteiger charge is -2.05. The van der Waals surface area contributed by atoms with E-state index in [-0.39, 0.29) is 22.0 Å². The molecule has 0 atom stereocenters. The zero-order valence-electron chi connectivity index (χ0n) is 9.58. The summed E-state index contributed by atoms with van der Waals surface area (Å²) in [4.78, 5) is 22.1. The van der Waals surface area contributed by atoms with Crippen LogP contribution in [-0.2, 0) is 0 Å². The number of nitrogens with zero attached hydrogens (tertiary/aromatic N) is 1. The molecule has 6 heteroatoms. The highest BCUT2D eigenvalue weighted by molar-refractivity contribution is 6.33. The van der Waals surface area contributed by atoms with Crippen LogP contribution in [0.5, 0.6) is 5.75 Å². The second-order valence-electron chi connectivity index (χ2n) is 3.59. The van der Waals surface area contributed by atoms with Crippen molar-refractivity contribution in [3.05, 3.63) is 69.2 Å². The summed E-state index contributed by atoms with van der Waals surface area (Å²) in [5.74, 6) is -0.850. The van der Waals surface area contributed by atoms with E-state index in [1.165, 1.54) is 30.3 Å². The van der Waals surface area contributed by atoms with Crippen LogP contribution in [0, 0.1) is 10.1 Å². The predicted molar refractivity (Wildman–Crippen MR) is 69.5 cm³/mol. The average molecular weight is 278 g/mol. The Balaban J connectivity index is 2.30. The number of ether oxygens (including phenoxy) is 1. The summed E-state index contributed by atoms with van der Waals surface area (Å²) in [6.07, 6.45) is 0. The summed E-state index contributed by atoms with van der Waals surface area (Å²) in [7, 11) is 0. The van der Waals surface area contributed by atoms with E-state index < -0.39 is 10.9 Å². The molecule has 0 bridgehead atoms. The van der Waals surface area contributed by atoms with E-state index in [9.17, 15) is 14.9 Å². The normalized spacial score (nSPS) is 9.95. The minimum atomic E-state index is -0.736. The molecule has 0 aliphatic rings. The molecule has 0 aliphatic heterocycles. The molecule has 2 rings (SSSR count). The fourth-order valence-electron chi connectivity index (χ4n) is 1.48. The number of esters is 1. The summed E-state index contributed by atoms with van der Waals surface area (Å²) in [5, 5.41) is 11.0. The SMILES string of the molecule is O=C(Oc1ccccc1[N+](=O)[O-])c1ccccc1Cl. The Morgan fingerprint density at radius 2 is 1.74 bits per heavy atom. The van der Waals surface area contributed by atoms with Gasteiger partial charge >= 0.3 is 11.7 Å². The quantitative estimate of drug-likeness (QED) is 0.373. The topological polar surface area (TPSA) is 69.4 Å². The van der Waals surface area contributed by atoms with E-state index in [2.05, 4.69) is 0 Å². The Hall–Kier alpha value is -2.40. The van der Waals surface area contributed by atoms with Gasteiger partial charge in [0.15, 0.2) is 0 Å². The van der Waals surface area contributed by atoms with Crippen LogP contribution in [0.15, 0.2) is 48.5 Å². The second-order valence-corrected chi connectivity index (χ2v) is 4.00. The summed E-state index contributed by atoms with van der Waals surface area (Å²) in [6, 6.07) is 12.0. The molecule has 2 aromatic rings. The molecule has 0 aliphatic carbocycles. The van der Waals surface area contributed by atoms with Crippen LogP contribution in [0.4, 0.5) is 5.69 Å². The van der Waals surface area contributed by atoms with Gasteiger partial charge < -0.3 is 4.74 Å². The maximum atomic E-state index is 11.9. The van der Waals surface area contributed by atoms with Gasteiger partial charge in [0, 0.05) is 6.07 Å². The van der Waals surface area contributed by atoms with E-state index in [0.29, 0.717) is 0 Å². The van der Waals surface area contributed by atoms with E-state index in [1.54, 1.807) is 18.2 Å². The standard InChI is InChI=1S/C13H8ClNO4/c14-10-6-2-1-5-9(10)13(16)19-12-8-4-3-7-11(12)15(17)18/h1-8H. The number of halogens is 1. The zero-order chi connectivity index (χ0) is 13.8. The summed E-state index contributed by atoms with van der Waals surface area (Å²) in [6.45, 7) is 0. The first-order valence-corrected chi connectivity index (χ1v) is 5.67. The molecule has 0 spiro atoms. The molecule has 0 unspecified atom stereocenters. The van der Waals surface area contributed by atoms with Gasteiger partial charge in [-0.15, -0.1) is 0 Å². The van der Waals surface area contributed by atoms with E-state index in [4.69, 9.17) is 16.3 Å². The van der Waals surface area contributed by atoms with Crippen LogP contribution < -0.4 is 4.74 Å². The fraction of sp³-hybridized carbons (Fsp3) is 0. The van der Waals surface area contributed by atoms with Crippen molar-refractivity contribution >= 4 is 23.3 Å². The molecule has 19 heavy (non-hydrogen) atoms. The number of nitro benzene ring substituents is 1. The number of hydrogen-bond donors (Lipinski definition) is 0. The molecule has 0 fully saturated rings. The Morgan fingerprint density at radius 1 is 1.11 bits per heavy atom. The van der Waals surface area contributed by atoms with Crippen molar-refractivity contribution in [2.75, 3.05) is 0 Å². The Kier molecular flexibility index (Phi) is 3.77. The summed E-state index contributed by atoms with van der Waals surface area (Å²) in [5.41, 5.74) is -0.120. The van der Waals surface area contributed by atoms with Crippen LogP contribution >= 0.6 is 11.6 Å². The van der Waals surface area contributed by atoms with Crippen molar-refractivity contribution in [2.45, 2.75) is 0 Å². The lowest BCUT2D eigenvalue weighted by molar-refractivity contribution is -0.385. The number of carbonyl (C=O) groups is 1. The molecule has 0 N–H and O–H groups in total. The fourth-order valence-corrected chi connectivity index (χ4v) is 1.69. The van der Waals surface area contributed by atoms with Crippen molar-refractivity contribution in [1.82, 2.24) is 0 Å². The molecule has 0 saturated heterocycles. The number of benzene rings is 2. The lowest BCUT2D eigenvalue weighted by atomic mass is 10.2. The van der Waals surface area contributed by atoms with Gasteiger partial charge in [-0.2, -0.15) is 0 Å². The molecule has 5 nitrogen and oxygen atoms in total. The van der Waals surface area contributed by atoms with Gasteiger partial charge in [0.25, 0.3) is 0 Å². The summed E-state index contributed by atoms with van der Waals surface area (Å²) >= 11 is 5.85. The van der Waals surface area contributed by atoms with Gasteiger partial charge in [-0.3, -0.25) is 10.1 Å². The van der Waals surface area contributed by atoms with Crippen molar-refractivity contribution < 1.29 is 14.5 Å². The monoisotopic (exact) mass is 277 g/mol. The maximum Gasteiger partial charge on any atom is 0.345 e. The van der Waals surface area contributed by atoms with Crippen LogP contribution in [0.2, 0.25) is 5.02 Å². The molecule has 0 radical (unpaired) electrons. The first-order chi connectivity index (χ1) is 9.09. The maximum absolute atomic E-state index is 11.9. The Labute approximate surface area is 113 Å². The van der Waals surface area contributed by atoms with Gasteiger partial charge in [-0.25, -0.2) is 4.79 Å². The molecule has 0 saturated carbocycles. The largest absolute Gasteiger partial charge is 0.416 e. The van der Waals surface area contributed by atoms with E-state index in [0.717, 1.165) is 0 Å². The van der Waals surface area contributed by atoms with Crippen LogP contribution in [0.1, 0.15) is 10.4 Å². The van der Waals surface area contributed by atoms with Crippen molar-refractivity contribution in [1.29, 1.82) is 0 Å².